The maximum absolute atomic E-state index is 6.29. The first-order valence-corrected chi connectivity index (χ1v) is 8.14. The summed E-state index contributed by atoms with van der Waals surface area (Å²) in [5.74, 6) is 0.701. The second-order valence-electron chi connectivity index (χ2n) is 5.73. The van der Waals surface area contributed by atoms with E-state index in [1.54, 1.807) is 21.7 Å². The third-order valence-electron chi connectivity index (χ3n) is 4.22. The molecule has 4 aromatic rings. The summed E-state index contributed by atoms with van der Waals surface area (Å²) in [4.78, 5) is 9.14. The van der Waals surface area contributed by atoms with Crippen LogP contribution in [0.4, 0.5) is 0 Å². The van der Waals surface area contributed by atoms with Crippen LogP contribution in [0.3, 0.4) is 0 Å². The van der Waals surface area contributed by atoms with E-state index in [0.717, 1.165) is 36.2 Å². The minimum absolute atomic E-state index is 0.0291. The van der Waals surface area contributed by atoms with Crippen molar-refractivity contribution < 1.29 is 4.74 Å². The molecule has 1 fully saturated rings. The van der Waals surface area contributed by atoms with Crippen LogP contribution in [0.25, 0.3) is 22.4 Å². The summed E-state index contributed by atoms with van der Waals surface area (Å²) in [5, 5.41) is 10.4. The zero-order chi connectivity index (χ0) is 16.1. The fourth-order valence-corrected chi connectivity index (χ4v) is 3.27. The first-order chi connectivity index (χ1) is 11.8. The minimum Gasteiger partial charge on any atom is -0.370 e. The zero-order valence-electron chi connectivity index (χ0n) is 12.6. The van der Waals surface area contributed by atoms with Crippen molar-refractivity contribution in [3.05, 3.63) is 47.6 Å². The monoisotopic (exact) mass is 340 g/mol. The van der Waals surface area contributed by atoms with E-state index in [4.69, 9.17) is 16.3 Å². The van der Waals surface area contributed by atoms with Gasteiger partial charge in [-0.05, 0) is 25.0 Å². The molecule has 0 saturated carbocycles. The Bertz CT molecular complexity index is 1050. The van der Waals surface area contributed by atoms with Gasteiger partial charge in [0.25, 0.3) is 0 Å². The average Bonchev–Trinajstić information content (AvgIpc) is 3.32. The molecule has 7 nitrogen and oxygen atoms in total. The SMILES string of the molecule is Clc1ccccc1-n1ncc2c1ncn1nc(C3CCCO3)nc21. The summed E-state index contributed by atoms with van der Waals surface area (Å²) in [6, 6.07) is 7.53. The van der Waals surface area contributed by atoms with E-state index in [9.17, 15) is 0 Å². The lowest BCUT2D eigenvalue weighted by atomic mass is 10.2. The Balaban J connectivity index is 1.70. The van der Waals surface area contributed by atoms with E-state index >= 15 is 0 Å². The summed E-state index contributed by atoms with van der Waals surface area (Å²) < 4.78 is 9.07. The fraction of sp³-hybridized carbons (Fsp3) is 0.250. The maximum atomic E-state index is 6.29. The molecule has 0 aliphatic carbocycles. The highest BCUT2D eigenvalue weighted by Crippen LogP contribution is 2.28. The van der Waals surface area contributed by atoms with Gasteiger partial charge in [0.05, 0.1) is 22.3 Å². The number of ether oxygens (including phenoxy) is 1. The van der Waals surface area contributed by atoms with Crippen molar-refractivity contribution in [2.45, 2.75) is 18.9 Å². The van der Waals surface area contributed by atoms with Gasteiger partial charge in [0.2, 0.25) is 0 Å². The predicted molar refractivity (Wildman–Crippen MR) is 88.3 cm³/mol. The molecule has 1 saturated heterocycles. The largest absolute Gasteiger partial charge is 0.370 e. The number of hydrogen-bond acceptors (Lipinski definition) is 5. The van der Waals surface area contributed by atoms with Crippen LogP contribution >= 0.6 is 11.6 Å². The van der Waals surface area contributed by atoms with Gasteiger partial charge in [0, 0.05) is 6.61 Å². The van der Waals surface area contributed by atoms with Gasteiger partial charge < -0.3 is 4.74 Å². The van der Waals surface area contributed by atoms with Gasteiger partial charge >= 0.3 is 0 Å². The van der Waals surface area contributed by atoms with E-state index in [1.807, 2.05) is 24.3 Å². The molecule has 1 aromatic carbocycles. The molecule has 1 aliphatic heterocycles. The molecule has 1 unspecified atom stereocenters. The molecular formula is C16H13ClN6O. The number of nitrogens with zero attached hydrogens (tertiary/aromatic N) is 6. The molecule has 1 atom stereocenters. The second kappa shape index (κ2) is 5.25. The third-order valence-corrected chi connectivity index (χ3v) is 4.54. The van der Waals surface area contributed by atoms with Crippen molar-refractivity contribution in [1.82, 2.24) is 29.4 Å². The van der Waals surface area contributed by atoms with E-state index in [2.05, 4.69) is 20.2 Å². The highest BCUT2D eigenvalue weighted by molar-refractivity contribution is 6.32. The van der Waals surface area contributed by atoms with Crippen LogP contribution in [-0.2, 0) is 4.74 Å². The lowest BCUT2D eigenvalue weighted by molar-refractivity contribution is 0.105. The molecule has 0 bridgehead atoms. The lowest BCUT2D eigenvalue weighted by Gasteiger charge is -2.04. The maximum Gasteiger partial charge on any atom is 0.180 e. The Morgan fingerprint density at radius 3 is 2.96 bits per heavy atom. The normalized spacial score (nSPS) is 18.0. The lowest BCUT2D eigenvalue weighted by Crippen LogP contribution is -2.00. The van der Waals surface area contributed by atoms with Crippen molar-refractivity contribution in [2.75, 3.05) is 6.61 Å². The van der Waals surface area contributed by atoms with Crippen molar-refractivity contribution in [1.29, 1.82) is 0 Å². The number of benzene rings is 1. The molecule has 0 amide bonds. The number of para-hydroxylation sites is 1. The Kier molecular flexibility index (Phi) is 3.04. The van der Waals surface area contributed by atoms with E-state index in [0.29, 0.717) is 16.5 Å². The van der Waals surface area contributed by atoms with Crippen molar-refractivity contribution in [2.24, 2.45) is 0 Å². The molecule has 1 aliphatic rings. The molecule has 120 valence electrons. The van der Waals surface area contributed by atoms with Gasteiger partial charge in [-0.15, -0.1) is 5.10 Å². The molecule has 0 spiro atoms. The Hall–Kier alpha value is -2.51. The highest BCUT2D eigenvalue weighted by atomic mass is 35.5. The summed E-state index contributed by atoms with van der Waals surface area (Å²) in [5.41, 5.74) is 2.20. The molecule has 4 heterocycles. The first kappa shape index (κ1) is 13.9. The third kappa shape index (κ3) is 2.02. The second-order valence-corrected chi connectivity index (χ2v) is 6.14. The van der Waals surface area contributed by atoms with Crippen LogP contribution in [0.15, 0.2) is 36.8 Å². The molecule has 24 heavy (non-hydrogen) atoms. The topological polar surface area (TPSA) is 70.1 Å². The number of hydrogen-bond donors (Lipinski definition) is 0. The van der Waals surface area contributed by atoms with Crippen molar-refractivity contribution in [3.8, 4) is 5.69 Å². The van der Waals surface area contributed by atoms with Gasteiger partial charge in [0.15, 0.2) is 17.1 Å². The standard InChI is InChI=1S/C16H13ClN6O/c17-11-4-1-2-5-12(11)23-15-10(8-19-23)16-20-14(13-6-3-7-24-13)21-22(16)9-18-15/h1-2,4-5,8-9,13H,3,6-7H2. The van der Waals surface area contributed by atoms with Gasteiger partial charge in [0.1, 0.15) is 12.4 Å². The van der Waals surface area contributed by atoms with Crippen LogP contribution in [0.2, 0.25) is 5.02 Å². The summed E-state index contributed by atoms with van der Waals surface area (Å²) >= 11 is 6.29. The summed E-state index contributed by atoms with van der Waals surface area (Å²) in [6.07, 6.45) is 5.36. The average molecular weight is 341 g/mol. The number of fused-ring (bicyclic) bond motifs is 3. The number of rotatable bonds is 2. The van der Waals surface area contributed by atoms with Crippen LogP contribution in [0, 0.1) is 0 Å². The van der Waals surface area contributed by atoms with Gasteiger partial charge in [-0.3, -0.25) is 0 Å². The smallest absolute Gasteiger partial charge is 0.180 e. The quantitative estimate of drug-likeness (QED) is 0.561. The van der Waals surface area contributed by atoms with E-state index in [-0.39, 0.29) is 6.10 Å². The van der Waals surface area contributed by atoms with Crippen molar-refractivity contribution >= 4 is 28.3 Å². The fourth-order valence-electron chi connectivity index (χ4n) is 3.05. The van der Waals surface area contributed by atoms with Crippen molar-refractivity contribution in [3.63, 3.8) is 0 Å². The van der Waals surface area contributed by atoms with Gasteiger partial charge in [-0.25, -0.2) is 19.2 Å². The molecular weight excluding hydrogens is 328 g/mol. The van der Waals surface area contributed by atoms with Crippen LogP contribution in [0.1, 0.15) is 24.8 Å². The Labute approximate surface area is 141 Å². The number of halogens is 1. The van der Waals surface area contributed by atoms with Gasteiger partial charge in [-0.2, -0.15) is 5.10 Å². The molecule has 0 radical (unpaired) electrons. The highest BCUT2D eigenvalue weighted by Gasteiger charge is 2.23. The van der Waals surface area contributed by atoms with Crippen LogP contribution < -0.4 is 0 Å². The molecule has 5 rings (SSSR count). The molecule has 0 N–H and O–H groups in total. The predicted octanol–water partition coefficient (Wildman–Crippen LogP) is 2.97. The molecule has 8 heteroatoms. The van der Waals surface area contributed by atoms with E-state index in [1.165, 1.54) is 0 Å². The van der Waals surface area contributed by atoms with E-state index < -0.39 is 0 Å². The minimum atomic E-state index is -0.0291. The van der Waals surface area contributed by atoms with Crippen LogP contribution in [-0.4, -0.2) is 36.0 Å². The Morgan fingerprint density at radius 2 is 2.12 bits per heavy atom. The summed E-state index contributed by atoms with van der Waals surface area (Å²) in [6.45, 7) is 0.762. The zero-order valence-corrected chi connectivity index (χ0v) is 13.4. The number of aromatic nitrogens is 6. The Morgan fingerprint density at radius 1 is 1.21 bits per heavy atom. The molecule has 3 aromatic heterocycles. The van der Waals surface area contributed by atoms with Gasteiger partial charge in [-0.1, -0.05) is 23.7 Å². The summed E-state index contributed by atoms with van der Waals surface area (Å²) in [7, 11) is 0. The van der Waals surface area contributed by atoms with Crippen LogP contribution in [0.5, 0.6) is 0 Å². The first-order valence-electron chi connectivity index (χ1n) is 7.77.